The molecule has 1 N–H and O–H groups in total. The van der Waals surface area contributed by atoms with Crippen LogP contribution in [0.1, 0.15) is 23.5 Å². The molecule has 3 heteroatoms. The highest BCUT2D eigenvalue weighted by molar-refractivity contribution is 6.13. The van der Waals surface area contributed by atoms with Gasteiger partial charge in [-0.05, 0) is 58.9 Å². The van der Waals surface area contributed by atoms with Crippen LogP contribution in [0.4, 0.5) is 0 Å². The highest BCUT2D eigenvalue weighted by atomic mass is 35.5. The lowest BCUT2D eigenvalue weighted by Gasteiger charge is -2.05. The zero-order valence-electron chi connectivity index (χ0n) is 11.0. The minimum atomic E-state index is 0.625. The van der Waals surface area contributed by atoms with Crippen LogP contribution in [0, 0.1) is 17.2 Å². The highest BCUT2D eigenvalue weighted by Gasteiger charge is 2.37. The van der Waals surface area contributed by atoms with Gasteiger partial charge in [0.2, 0.25) is 0 Å². The lowest BCUT2D eigenvalue weighted by molar-refractivity contribution is 0.766. The monoisotopic (exact) mass is 282 g/mol. The van der Waals surface area contributed by atoms with E-state index in [9.17, 15) is 0 Å². The predicted molar refractivity (Wildman–Crippen MR) is 81.3 cm³/mol. The van der Waals surface area contributed by atoms with Crippen LogP contribution >= 0.6 is 11.8 Å². The van der Waals surface area contributed by atoms with Crippen LogP contribution in [0.2, 0.25) is 0 Å². The van der Waals surface area contributed by atoms with Crippen molar-refractivity contribution >= 4 is 11.8 Å². The van der Waals surface area contributed by atoms with Crippen LogP contribution < -0.4 is 4.84 Å². The van der Waals surface area contributed by atoms with E-state index in [4.69, 9.17) is 17.0 Å². The van der Waals surface area contributed by atoms with Crippen LogP contribution in [0.15, 0.2) is 48.5 Å². The first-order chi connectivity index (χ1) is 9.81. The van der Waals surface area contributed by atoms with Gasteiger partial charge in [-0.2, -0.15) is 5.26 Å². The molecule has 0 aliphatic heterocycles. The van der Waals surface area contributed by atoms with Gasteiger partial charge in [-0.3, -0.25) is 0 Å². The maximum atomic E-state index is 8.84. The first-order valence-electron chi connectivity index (χ1n) is 6.76. The maximum absolute atomic E-state index is 8.84. The van der Waals surface area contributed by atoms with Gasteiger partial charge >= 0.3 is 0 Å². The fourth-order valence-electron chi connectivity index (χ4n) is 2.67. The number of nitrogens with zero attached hydrogens (tertiary/aromatic N) is 1. The lowest BCUT2D eigenvalue weighted by Crippen LogP contribution is -2.03. The van der Waals surface area contributed by atoms with Crippen molar-refractivity contribution in [2.75, 3.05) is 6.54 Å². The van der Waals surface area contributed by atoms with Gasteiger partial charge in [0.25, 0.3) is 0 Å². The fraction of sp³-hybridized carbons (Fsp3) is 0.235. The summed E-state index contributed by atoms with van der Waals surface area (Å²) in [5.74, 6) is 1.28. The molecular formula is C17H15ClN2. The van der Waals surface area contributed by atoms with Gasteiger partial charge in [0.15, 0.2) is 0 Å². The van der Waals surface area contributed by atoms with Crippen molar-refractivity contribution in [1.82, 2.24) is 4.84 Å². The first-order valence-corrected chi connectivity index (χ1v) is 7.13. The van der Waals surface area contributed by atoms with E-state index >= 15 is 0 Å². The second-order valence-corrected chi connectivity index (χ2v) is 5.52. The summed E-state index contributed by atoms with van der Waals surface area (Å²) in [6, 6.07) is 18.5. The summed E-state index contributed by atoms with van der Waals surface area (Å²) in [4.78, 5) is 2.73. The van der Waals surface area contributed by atoms with Gasteiger partial charge in [0.05, 0.1) is 11.6 Å². The van der Waals surface area contributed by atoms with Gasteiger partial charge in [0.1, 0.15) is 0 Å². The molecule has 0 aromatic heterocycles. The third-order valence-corrected chi connectivity index (χ3v) is 4.08. The van der Waals surface area contributed by atoms with Crippen molar-refractivity contribution in [1.29, 1.82) is 5.26 Å². The SMILES string of the molecule is N#Cc1ccc(-c2cccc(C3CC3CNCl)c2)cc1. The number of halogens is 1. The quantitative estimate of drug-likeness (QED) is 0.858. The molecule has 0 amide bonds. The number of hydrogen-bond acceptors (Lipinski definition) is 2. The van der Waals surface area contributed by atoms with Gasteiger partial charge in [-0.25, -0.2) is 4.84 Å². The van der Waals surface area contributed by atoms with E-state index in [1.54, 1.807) is 0 Å². The Morgan fingerprint density at radius 3 is 2.65 bits per heavy atom. The zero-order chi connectivity index (χ0) is 13.9. The maximum Gasteiger partial charge on any atom is 0.0991 e. The number of rotatable bonds is 4. The van der Waals surface area contributed by atoms with E-state index in [1.165, 1.54) is 17.5 Å². The smallest absolute Gasteiger partial charge is 0.0991 e. The molecule has 0 bridgehead atoms. The zero-order valence-corrected chi connectivity index (χ0v) is 11.8. The van der Waals surface area contributed by atoms with Crippen molar-refractivity contribution in [3.8, 4) is 17.2 Å². The van der Waals surface area contributed by atoms with Crippen LogP contribution in [0.3, 0.4) is 0 Å². The molecule has 1 fully saturated rings. The second-order valence-electron chi connectivity index (χ2n) is 5.25. The molecule has 0 spiro atoms. The van der Waals surface area contributed by atoms with Gasteiger partial charge in [-0.1, -0.05) is 36.4 Å². The third kappa shape index (κ3) is 2.70. The van der Waals surface area contributed by atoms with Crippen molar-refractivity contribution in [3.05, 3.63) is 59.7 Å². The van der Waals surface area contributed by atoms with Crippen molar-refractivity contribution in [2.45, 2.75) is 12.3 Å². The molecule has 3 rings (SSSR count). The van der Waals surface area contributed by atoms with Crippen LogP contribution in [0.5, 0.6) is 0 Å². The molecule has 0 saturated heterocycles. The molecular weight excluding hydrogens is 268 g/mol. The molecule has 2 nitrogen and oxygen atoms in total. The summed E-state index contributed by atoms with van der Waals surface area (Å²) in [7, 11) is 0. The molecule has 0 heterocycles. The van der Waals surface area contributed by atoms with Crippen molar-refractivity contribution < 1.29 is 0 Å². The van der Waals surface area contributed by atoms with Gasteiger partial charge in [-0.15, -0.1) is 0 Å². The normalized spacial score (nSPS) is 20.4. The molecule has 1 saturated carbocycles. The topological polar surface area (TPSA) is 35.8 Å². The Balaban J connectivity index is 1.82. The molecule has 2 atom stereocenters. The number of nitriles is 1. The second kappa shape index (κ2) is 5.66. The number of benzene rings is 2. The van der Waals surface area contributed by atoms with Crippen LogP contribution in [-0.2, 0) is 0 Å². The summed E-state index contributed by atoms with van der Waals surface area (Å²) in [6.07, 6.45) is 1.20. The largest absolute Gasteiger partial charge is 0.233 e. The minimum absolute atomic E-state index is 0.625. The summed E-state index contributed by atoms with van der Waals surface area (Å²) in [5, 5.41) is 8.84. The fourth-order valence-corrected chi connectivity index (χ4v) is 2.86. The van der Waals surface area contributed by atoms with Gasteiger partial charge in [0, 0.05) is 6.54 Å². The van der Waals surface area contributed by atoms with Crippen molar-refractivity contribution in [2.24, 2.45) is 5.92 Å². The summed E-state index contributed by atoms with van der Waals surface area (Å²) in [5.41, 5.74) is 4.43. The average molecular weight is 283 g/mol. The van der Waals surface area contributed by atoms with E-state index in [0.29, 0.717) is 17.4 Å². The first kappa shape index (κ1) is 13.2. The predicted octanol–water partition coefficient (Wildman–Crippen LogP) is 4.07. The molecule has 100 valence electrons. The van der Waals surface area contributed by atoms with E-state index in [1.807, 2.05) is 24.3 Å². The summed E-state index contributed by atoms with van der Waals surface area (Å²) in [6.45, 7) is 0.868. The van der Waals surface area contributed by atoms with Gasteiger partial charge < -0.3 is 0 Å². The Labute approximate surface area is 124 Å². The minimum Gasteiger partial charge on any atom is -0.233 e. The highest BCUT2D eigenvalue weighted by Crippen LogP contribution is 2.47. The van der Waals surface area contributed by atoms with Crippen molar-refractivity contribution in [3.63, 3.8) is 0 Å². The number of hydrogen-bond donors (Lipinski definition) is 1. The Bertz CT molecular complexity index is 643. The number of nitrogens with one attached hydrogen (secondary N) is 1. The Morgan fingerprint density at radius 1 is 1.15 bits per heavy atom. The summed E-state index contributed by atoms with van der Waals surface area (Å²) >= 11 is 5.57. The molecule has 2 unspecified atom stereocenters. The van der Waals surface area contributed by atoms with Crippen LogP contribution in [0.25, 0.3) is 11.1 Å². The van der Waals surface area contributed by atoms with E-state index in [0.717, 1.165) is 12.1 Å². The molecule has 1 aliphatic rings. The lowest BCUT2D eigenvalue weighted by atomic mass is 9.99. The standard InChI is InChI=1S/C17H15ClN2/c18-20-11-16-9-17(16)15-3-1-2-14(8-15)13-6-4-12(10-19)5-7-13/h1-8,16-17,20H,9,11H2. The van der Waals surface area contributed by atoms with Crippen LogP contribution in [-0.4, -0.2) is 6.54 Å². The Hall–Kier alpha value is -1.82. The van der Waals surface area contributed by atoms with E-state index in [2.05, 4.69) is 35.2 Å². The van der Waals surface area contributed by atoms with E-state index in [-0.39, 0.29) is 0 Å². The summed E-state index contributed by atoms with van der Waals surface area (Å²) < 4.78 is 0. The molecule has 20 heavy (non-hydrogen) atoms. The Morgan fingerprint density at radius 2 is 1.95 bits per heavy atom. The Kier molecular flexibility index (Phi) is 3.73. The molecule has 1 aliphatic carbocycles. The third-order valence-electron chi connectivity index (χ3n) is 3.92. The molecule has 0 radical (unpaired) electrons. The molecule has 2 aromatic carbocycles. The average Bonchev–Trinajstić information content (AvgIpc) is 3.27. The molecule has 2 aromatic rings. The van der Waals surface area contributed by atoms with E-state index < -0.39 is 0 Å².